The minimum Gasteiger partial charge on any atom is -0.330 e. The lowest BCUT2D eigenvalue weighted by Crippen LogP contribution is -2.30. The summed E-state index contributed by atoms with van der Waals surface area (Å²) in [7, 11) is -4.66. The van der Waals surface area contributed by atoms with Gasteiger partial charge in [-0.3, -0.25) is 4.79 Å². The van der Waals surface area contributed by atoms with Crippen LogP contribution >= 0.6 is 11.3 Å². The van der Waals surface area contributed by atoms with Gasteiger partial charge in [-0.2, -0.15) is 8.78 Å². The molecule has 2 aromatic rings. The third-order valence-electron chi connectivity index (χ3n) is 3.23. The van der Waals surface area contributed by atoms with E-state index in [1.165, 1.54) is 28.4 Å². The van der Waals surface area contributed by atoms with Gasteiger partial charge in [-0.05, 0) is 35.7 Å². The van der Waals surface area contributed by atoms with Gasteiger partial charge in [-0.15, -0.1) is 17.9 Å². The van der Waals surface area contributed by atoms with E-state index in [0.29, 0.717) is 13.1 Å². The van der Waals surface area contributed by atoms with E-state index in [1.54, 1.807) is 6.08 Å². The van der Waals surface area contributed by atoms with Crippen molar-refractivity contribution in [2.75, 3.05) is 6.54 Å². The molecule has 4 nitrogen and oxygen atoms in total. The lowest BCUT2D eigenvalue weighted by molar-refractivity contribution is 0.0764. The average molecular weight is 371 g/mol. The van der Waals surface area contributed by atoms with E-state index in [9.17, 15) is 22.0 Å². The molecule has 0 aliphatic rings. The van der Waals surface area contributed by atoms with Crippen LogP contribution in [0.5, 0.6) is 0 Å². The van der Waals surface area contributed by atoms with Crippen LogP contribution in [0.15, 0.2) is 59.3 Å². The first-order chi connectivity index (χ1) is 11.4. The molecule has 0 aliphatic heterocycles. The highest BCUT2D eigenvalue weighted by molar-refractivity contribution is 7.91. The topological polar surface area (TPSA) is 54.5 Å². The number of amides is 1. The van der Waals surface area contributed by atoms with E-state index in [2.05, 4.69) is 6.58 Å². The summed E-state index contributed by atoms with van der Waals surface area (Å²) >= 11 is 1.51. The third kappa shape index (κ3) is 4.07. The Kier molecular flexibility index (Phi) is 5.84. The van der Waals surface area contributed by atoms with Crippen molar-refractivity contribution in [2.24, 2.45) is 0 Å². The first-order valence-corrected chi connectivity index (χ1v) is 9.33. The second kappa shape index (κ2) is 7.67. The van der Waals surface area contributed by atoms with Crippen molar-refractivity contribution >= 4 is 27.1 Å². The number of hydrogen-bond donors (Lipinski definition) is 0. The molecule has 1 aromatic carbocycles. The quantitative estimate of drug-likeness (QED) is 0.699. The standard InChI is InChI=1S/C16H15F2NO3S2/c1-2-9-19(11-13-4-3-10-23-13)15(20)12-5-7-14(8-6-12)24(21,22)16(17)18/h2-8,10,16H,1,9,11H2. The predicted octanol–water partition coefficient (Wildman–Crippen LogP) is 3.57. The van der Waals surface area contributed by atoms with Crippen molar-refractivity contribution in [3.05, 3.63) is 64.9 Å². The van der Waals surface area contributed by atoms with Crippen LogP contribution in [0.1, 0.15) is 15.2 Å². The Morgan fingerprint density at radius 2 is 1.92 bits per heavy atom. The molecule has 1 aromatic heterocycles. The fourth-order valence-corrected chi connectivity index (χ4v) is 3.48. The molecule has 24 heavy (non-hydrogen) atoms. The number of carbonyl (C=O) groups is 1. The number of benzene rings is 1. The number of hydrogen-bond acceptors (Lipinski definition) is 4. The van der Waals surface area contributed by atoms with Crippen LogP contribution in [0.4, 0.5) is 8.78 Å². The zero-order valence-corrected chi connectivity index (χ0v) is 14.2. The number of rotatable bonds is 7. The molecule has 0 saturated carbocycles. The second-order valence-corrected chi connectivity index (χ2v) is 7.83. The van der Waals surface area contributed by atoms with Gasteiger partial charge in [0, 0.05) is 17.0 Å². The Balaban J connectivity index is 2.22. The normalized spacial score (nSPS) is 11.5. The first kappa shape index (κ1) is 18.3. The first-order valence-electron chi connectivity index (χ1n) is 6.91. The molecule has 0 saturated heterocycles. The molecule has 8 heteroatoms. The molecule has 0 N–H and O–H groups in total. The van der Waals surface area contributed by atoms with E-state index in [4.69, 9.17) is 0 Å². The summed E-state index contributed by atoms with van der Waals surface area (Å²) in [5.41, 5.74) is 0.224. The van der Waals surface area contributed by atoms with Crippen LogP contribution in [0, 0.1) is 0 Å². The SMILES string of the molecule is C=CCN(Cc1cccs1)C(=O)c1ccc(S(=O)(=O)C(F)F)cc1. The monoisotopic (exact) mass is 371 g/mol. The largest absolute Gasteiger partial charge is 0.341 e. The van der Waals surface area contributed by atoms with Crippen LogP contribution in [-0.2, 0) is 16.4 Å². The summed E-state index contributed by atoms with van der Waals surface area (Å²) in [5, 5.41) is 1.90. The second-order valence-electron chi connectivity index (χ2n) is 4.88. The van der Waals surface area contributed by atoms with E-state index in [-0.39, 0.29) is 11.5 Å². The van der Waals surface area contributed by atoms with Gasteiger partial charge < -0.3 is 4.90 Å². The lowest BCUT2D eigenvalue weighted by Gasteiger charge is -2.20. The Hall–Kier alpha value is -2.06. The molecule has 1 heterocycles. The molecule has 0 radical (unpaired) electrons. The van der Waals surface area contributed by atoms with Crippen molar-refractivity contribution in [3.8, 4) is 0 Å². The molecule has 2 rings (SSSR count). The number of sulfone groups is 1. The summed E-state index contributed by atoms with van der Waals surface area (Å²) in [4.78, 5) is 14.6. The van der Waals surface area contributed by atoms with Crippen LogP contribution < -0.4 is 0 Å². The van der Waals surface area contributed by atoms with Gasteiger partial charge in [0.15, 0.2) is 0 Å². The molecule has 0 aliphatic carbocycles. The van der Waals surface area contributed by atoms with E-state index in [1.807, 2.05) is 17.5 Å². The Morgan fingerprint density at radius 1 is 1.25 bits per heavy atom. The van der Waals surface area contributed by atoms with Crippen LogP contribution in [0.2, 0.25) is 0 Å². The average Bonchev–Trinajstić information content (AvgIpc) is 3.07. The minimum atomic E-state index is -4.66. The fraction of sp³-hybridized carbons (Fsp3) is 0.188. The summed E-state index contributed by atoms with van der Waals surface area (Å²) < 4.78 is 47.9. The smallest absolute Gasteiger partial charge is 0.330 e. The van der Waals surface area contributed by atoms with Crippen molar-refractivity contribution in [1.82, 2.24) is 4.90 Å². The van der Waals surface area contributed by atoms with Crippen LogP contribution in [-0.4, -0.2) is 31.5 Å². The number of carbonyl (C=O) groups excluding carboxylic acids is 1. The number of nitrogens with zero attached hydrogens (tertiary/aromatic N) is 1. The number of alkyl halides is 2. The van der Waals surface area contributed by atoms with Gasteiger partial charge in [0.1, 0.15) is 0 Å². The third-order valence-corrected chi connectivity index (χ3v) is 5.49. The maximum absolute atomic E-state index is 12.5. The van der Waals surface area contributed by atoms with Crippen molar-refractivity contribution in [2.45, 2.75) is 17.2 Å². The van der Waals surface area contributed by atoms with Gasteiger partial charge in [-0.25, -0.2) is 8.42 Å². The Bertz CT molecular complexity index is 800. The molecule has 0 unspecified atom stereocenters. The number of thiophene rings is 1. The van der Waals surface area contributed by atoms with E-state index < -0.39 is 20.5 Å². The van der Waals surface area contributed by atoms with Gasteiger partial charge in [0.05, 0.1) is 11.4 Å². The molecule has 1 amide bonds. The zero-order valence-electron chi connectivity index (χ0n) is 12.6. The zero-order chi connectivity index (χ0) is 17.7. The lowest BCUT2D eigenvalue weighted by atomic mass is 10.2. The van der Waals surface area contributed by atoms with Crippen LogP contribution in [0.25, 0.3) is 0 Å². The Morgan fingerprint density at radius 3 is 2.42 bits per heavy atom. The highest BCUT2D eigenvalue weighted by Gasteiger charge is 2.26. The summed E-state index contributed by atoms with van der Waals surface area (Å²) in [6, 6.07) is 8.29. The van der Waals surface area contributed by atoms with Crippen molar-refractivity contribution < 1.29 is 22.0 Å². The van der Waals surface area contributed by atoms with E-state index in [0.717, 1.165) is 17.0 Å². The molecule has 0 bridgehead atoms. The van der Waals surface area contributed by atoms with Gasteiger partial charge in [-0.1, -0.05) is 12.1 Å². The summed E-state index contributed by atoms with van der Waals surface area (Å²) in [6.07, 6.45) is 1.58. The maximum atomic E-state index is 12.5. The van der Waals surface area contributed by atoms with Crippen molar-refractivity contribution in [3.63, 3.8) is 0 Å². The van der Waals surface area contributed by atoms with Gasteiger partial charge in [0.25, 0.3) is 5.91 Å². The molecule has 0 atom stereocenters. The highest BCUT2D eigenvalue weighted by atomic mass is 32.2. The molecule has 128 valence electrons. The molecular weight excluding hydrogens is 356 g/mol. The number of halogens is 2. The fourth-order valence-electron chi connectivity index (χ4n) is 2.04. The Labute approximate surface area is 143 Å². The summed E-state index contributed by atoms with van der Waals surface area (Å²) in [6.45, 7) is 4.32. The summed E-state index contributed by atoms with van der Waals surface area (Å²) in [5.74, 6) is -3.82. The van der Waals surface area contributed by atoms with Crippen LogP contribution in [0.3, 0.4) is 0 Å². The molecule has 0 fully saturated rings. The van der Waals surface area contributed by atoms with Gasteiger partial charge >= 0.3 is 5.76 Å². The maximum Gasteiger partial charge on any atom is 0.341 e. The molecule has 0 spiro atoms. The minimum absolute atomic E-state index is 0.224. The van der Waals surface area contributed by atoms with E-state index >= 15 is 0 Å². The highest BCUT2D eigenvalue weighted by Crippen LogP contribution is 2.20. The predicted molar refractivity (Wildman–Crippen MR) is 88.9 cm³/mol. The van der Waals surface area contributed by atoms with Gasteiger partial charge in [0.2, 0.25) is 9.84 Å². The molecular formula is C16H15F2NO3S2. The van der Waals surface area contributed by atoms with Crippen molar-refractivity contribution in [1.29, 1.82) is 0 Å².